The van der Waals surface area contributed by atoms with Crippen LogP contribution in [0.2, 0.25) is 0 Å². The van der Waals surface area contributed by atoms with Gasteiger partial charge in [0.05, 0.1) is 24.5 Å². The van der Waals surface area contributed by atoms with Crippen molar-refractivity contribution in [3.63, 3.8) is 0 Å². The second kappa shape index (κ2) is 11.1. The Morgan fingerprint density at radius 3 is 2.72 bits per heavy atom. The molecule has 1 aliphatic rings. The van der Waals surface area contributed by atoms with Gasteiger partial charge in [0, 0.05) is 19.3 Å². The summed E-state index contributed by atoms with van der Waals surface area (Å²) in [5.41, 5.74) is 2.15. The van der Waals surface area contributed by atoms with E-state index in [0.717, 1.165) is 48.8 Å². The minimum Gasteiger partial charge on any atom is -0.494 e. The SMILES string of the molecule is CCOC(=O)Cc1cccc(OCCC2CCN(c3ncc(-c4ccccc4)s3)CC2)c1. The van der Waals surface area contributed by atoms with E-state index in [1.54, 1.807) is 11.3 Å². The predicted molar refractivity (Wildman–Crippen MR) is 129 cm³/mol. The maximum atomic E-state index is 11.7. The van der Waals surface area contributed by atoms with Gasteiger partial charge in [-0.1, -0.05) is 53.8 Å². The first-order valence-corrected chi connectivity index (χ1v) is 12.2. The van der Waals surface area contributed by atoms with Crippen LogP contribution in [0.25, 0.3) is 10.4 Å². The van der Waals surface area contributed by atoms with Crippen molar-refractivity contribution in [2.45, 2.75) is 32.6 Å². The Balaban J connectivity index is 1.21. The van der Waals surface area contributed by atoms with Gasteiger partial charge in [0.1, 0.15) is 5.75 Å². The summed E-state index contributed by atoms with van der Waals surface area (Å²) in [5, 5.41) is 1.12. The van der Waals surface area contributed by atoms with E-state index >= 15 is 0 Å². The third kappa shape index (κ3) is 6.10. The fourth-order valence-electron chi connectivity index (χ4n) is 4.03. The van der Waals surface area contributed by atoms with Crippen molar-refractivity contribution in [2.24, 2.45) is 5.92 Å². The standard InChI is InChI=1S/C26H30N2O3S/c1-2-30-25(29)18-21-7-6-10-23(17-21)31-16-13-20-11-14-28(15-12-20)26-27-19-24(32-26)22-8-4-3-5-9-22/h3-10,17,19-20H,2,11-16,18H2,1H3. The van der Waals surface area contributed by atoms with Crippen molar-refractivity contribution in [1.29, 1.82) is 0 Å². The quantitative estimate of drug-likeness (QED) is 0.397. The van der Waals surface area contributed by atoms with Crippen molar-refractivity contribution in [2.75, 3.05) is 31.2 Å². The zero-order valence-corrected chi connectivity index (χ0v) is 19.4. The van der Waals surface area contributed by atoms with Crippen LogP contribution in [0.4, 0.5) is 5.13 Å². The average molecular weight is 451 g/mol. The molecule has 32 heavy (non-hydrogen) atoms. The molecule has 0 unspecified atom stereocenters. The summed E-state index contributed by atoms with van der Waals surface area (Å²) in [7, 11) is 0. The second-order valence-electron chi connectivity index (χ2n) is 8.07. The number of thiazole rings is 1. The van der Waals surface area contributed by atoms with Gasteiger partial charge < -0.3 is 14.4 Å². The lowest BCUT2D eigenvalue weighted by atomic mass is 9.94. The molecule has 0 saturated carbocycles. The van der Waals surface area contributed by atoms with E-state index in [9.17, 15) is 4.79 Å². The summed E-state index contributed by atoms with van der Waals surface area (Å²) >= 11 is 1.77. The Hall–Kier alpha value is -2.86. The molecule has 0 amide bonds. The lowest BCUT2D eigenvalue weighted by Crippen LogP contribution is -2.34. The first-order chi connectivity index (χ1) is 15.7. The van der Waals surface area contributed by atoms with E-state index in [-0.39, 0.29) is 12.4 Å². The van der Waals surface area contributed by atoms with Crippen molar-refractivity contribution < 1.29 is 14.3 Å². The molecule has 4 rings (SSSR count). The van der Waals surface area contributed by atoms with Crippen LogP contribution in [0, 0.1) is 5.92 Å². The van der Waals surface area contributed by atoms with Crippen molar-refractivity contribution in [3.05, 3.63) is 66.4 Å². The van der Waals surface area contributed by atoms with E-state index in [1.807, 2.05) is 43.5 Å². The number of rotatable bonds is 9. The Morgan fingerprint density at radius 1 is 1.12 bits per heavy atom. The summed E-state index contributed by atoms with van der Waals surface area (Å²) in [4.78, 5) is 20.0. The molecule has 1 aliphatic heterocycles. The highest BCUT2D eigenvalue weighted by Crippen LogP contribution is 2.33. The van der Waals surface area contributed by atoms with Crippen LogP contribution in [-0.4, -0.2) is 37.3 Å². The molecule has 2 heterocycles. The molecule has 2 aromatic carbocycles. The van der Waals surface area contributed by atoms with Crippen LogP contribution in [-0.2, 0) is 16.0 Å². The minimum atomic E-state index is -0.201. The van der Waals surface area contributed by atoms with E-state index < -0.39 is 0 Å². The molecule has 1 saturated heterocycles. The zero-order chi connectivity index (χ0) is 22.2. The normalized spacial score (nSPS) is 14.3. The molecule has 0 spiro atoms. The lowest BCUT2D eigenvalue weighted by molar-refractivity contribution is -0.142. The molecule has 0 aliphatic carbocycles. The monoisotopic (exact) mass is 450 g/mol. The van der Waals surface area contributed by atoms with E-state index in [1.165, 1.54) is 10.4 Å². The molecule has 1 aromatic heterocycles. The number of nitrogens with zero attached hydrogens (tertiary/aromatic N) is 2. The summed E-state index contributed by atoms with van der Waals surface area (Å²) in [6, 6.07) is 18.2. The van der Waals surface area contributed by atoms with E-state index in [0.29, 0.717) is 19.1 Å². The predicted octanol–water partition coefficient (Wildman–Crippen LogP) is 5.60. The number of hydrogen-bond donors (Lipinski definition) is 0. The van der Waals surface area contributed by atoms with E-state index in [2.05, 4.69) is 34.1 Å². The van der Waals surface area contributed by atoms with Crippen LogP contribution < -0.4 is 9.64 Å². The van der Waals surface area contributed by atoms with Gasteiger partial charge in [-0.15, -0.1) is 0 Å². The number of piperidine rings is 1. The number of esters is 1. The highest BCUT2D eigenvalue weighted by Gasteiger charge is 2.21. The Labute approximate surface area is 194 Å². The highest BCUT2D eigenvalue weighted by molar-refractivity contribution is 7.18. The second-order valence-corrected chi connectivity index (χ2v) is 9.08. The van der Waals surface area contributed by atoms with Gasteiger partial charge in [-0.3, -0.25) is 4.79 Å². The van der Waals surface area contributed by atoms with Gasteiger partial charge in [0.25, 0.3) is 0 Å². The Morgan fingerprint density at radius 2 is 1.94 bits per heavy atom. The smallest absolute Gasteiger partial charge is 0.310 e. The number of hydrogen-bond acceptors (Lipinski definition) is 6. The average Bonchev–Trinajstić information content (AvgIpc) is 3.31. The fourth-order valence-corrected chi connectivity index (χ4v) is 5.00. The van der Waals surface area contributed by atoms with E-state index in [4.69, 9.17) is 9.47 Å². The van der Waals surface area contributed by atoms with Gasteiger partial charge in [0.2, 0.25) is 0 Å². The molecule has 0 atom stereocenters. The van der Waals surface area contributed by atoms with Gasteiger partial charge in [0.15, 0.2) is 5.13 Å². The molecule has 1 fully saturated rings. The molecule has 5 nitrogen and oxygen atoms in total. The third-order valence-electron chi connectivity index (χ3n) is 5.78. The summed E-state index contributed by atoms with van der Waals surface area (Å²) in [6.45, 7) is 5.01. The maximum absolute atomic E-state index is 11.7. The van der Waals surface area contributed by atoms with Gasteiger partial charge in [-0.2, -0.15) is 0 Å². The number of ether oxygens (including phenoxy) is 2. The van der Waals surface area contributed by atoms with Crippen LogP contribution in [0.5, 0.6) is 5.75 Å². The van der Waals surface area contributed by atoms with Gasteiger partial charge in [-0.05, 0) is 55.4 Å². The van der Waals surface area contributed by atoms with Crippen molar-refractivity contribution in [1.82, 2.24) is 4.98 Å². The molecular weight excluding hydrogens is 420 g/mol. The zero-order valence-electron chi connectivity index (χ0n) is 18.5. The fraction of sp³-hybridized carbons (Fsp3) is 0.385. The number of carbonyl (C=O) groups excluding carboxylic acids is 1. The maximum Gasteiger partial charge on any atom is 0.310 e. The van der Waals surface area contributed by atoms with Crippen LogP contribution in [0.15, 0.2) is 60.8 Å². The van der Waals surface area contributed by atoms with Gasteiger partial charge in [-0.25, -0.2) is 4.98 Å². The summed E-state index contributed by atoms with van der Waals surface area (Å²) in [6.07, 6.45) is 5.64. The number of aromatic nitrogens is 1. The highest BCUT2D eigenvalue weighted by atomic mass is 32.1. The topological polar surface area (TPSA) is 51.7 Å². The Bertz CT molecular complexity index is 997. The summed E-state index contributed by atoms with van der Waals surface area (Å²) in [5.74, 6) is 1.29. The van der Waals surface area contributed by atoms with Crippen LogP contribution >= 0.6 is 11.3 Å². The van der Waals surface area contributed by atoms with Gasteiger partial charge >= 0.3 is 5.97 Å². The Kier molecular flexibility index (Phi) is 7.77. The molecule has 0 N–H and O–H groups in total. The lowest BCUT2D eigenvalue weighted by Gasteiger charge is -2.31. The molecule has 6 heteroatoms. The number of benzene rings is 2. The first kappa shape index (κ1) is 22.3. The number of anilines is 1. The molecule has 0 radical (unpaired) electrons. The first-order valence-electron chi connectivity index (χ1n) is 11.3. The molecular formula is C26H30N2O3S. The van der Waals surface area contributed by atoms with Crippen molar-refractivity contribution >= 4 is 22.4 Å². The van der Waals surface area contributed by atoms with Crippen molar-refractivity contribution in [3.8, 4) is 16.2 Å². The largest absolute Gasteiger partial charge is 0.494 e. The van der Waals surface area contributed by atoms with Crippen LogP contribution in [0.3, 0.4) is 0 Å². The number of carbonyl (C=O) groups is 1. The van der Waals surface area contributed by atoms with Crippen LogP contribution in [0.1, 0.15) is 31.7 Å². The molecule has 3 aromatic rings. The minimum absolute atomic E-state index is 0.201. The molecule has 0 bridgehead atoms. The summed E-state index contributed by atoms with van der Waals surface area (Å²) < 4.78 is 11.0. The molecule has 168 valence electrons. The third-order valence-corrected chi connectivity index (χ3v) is 6.89.